The van der Waals surface area contributed by atoms with Crippen LogP contribution in [-0.4, -0.2) is 20.9 Å². The molecular formula is C22H19ClF2N2O3S. The molecule has 0 aliphatic carbocycles. The average molecular weight is 465 g/mol. The van der Waals surface area contributed by atoms with Crippen LogP contribution in [0.4, 0.5) is 20.2 Å². The number of benzene rings is 3. The summed E-state index contributed by atoms with van der Waals surface area (Å²) in [5.74, 6) is -2.93. The van der Waals surface area contributed by atoms with Gasteiger partial charge in [-0.2, -0.15) is 0 Å². The molecule has 1 amide bonds. The molecule has 0 bridgehead atoms. The molecule has 1 N–H and O–H groups in total. The van der Waals surface area contributed by atoms with E-state index in [0.29, 0.717) is 10.6 Å². The van der Waals surface area contributed by atoms with Gasteiger partial charge in [-0.25, -0.2) is 17.2 Å². The summed E-state index contributed by atoms with van der Waals surface area (Å²) in [5.41, 5.74) is 1.69. The number of carbonyl (C=O) groups excluding carboxylic acids is 1. The second kappa shape index (κ2) is 9.03. The number of nitrogens with one attached hydrogen (secondary N) is 1. The number of sulfonamides is 1. The van der Waals surface area contributed by atoms with Crippen molar-refractivity contribution in [3.63, 3.8) is 0 Å². The molecule has 0 heterocycles. The van der Waals surface area contributed by atoms with E-state index < -0.39 is 34.1 Å². The summed E-state index contributed by atoms with van der Waals surface area (Å²) in [7, 11) is -4.13. The molecule has 3 rings (SSSR count). The first-order valence-corrected chi connectivity index (χ1v) is 11.0. The van der Waals surface area contributed by atoms with Crippen molar-refractivity contribution >= 4 is 38.9 Å². The maximum atomic E-state index is 13.5. The molecule has 3 aromatic rings. The summed E-state index contributed by atoms with van der Waals surface area (Å²) in [6.45, 7) is 2.91. The molecule has 5 nitrogen and oxygen atoms in total. The number of halogens is 3. The zero-order valence-corrected chi connectivity index (χ0v) is 18.3. The van der Waals surface area contributed by atoms with Crippen LogP contribution in [0.25, 0.3) is 0 Å². The quantitative estimate of drug-likeness (QED) is 0.554. The van der Waals surface area contributed by atoms with E-state index in [4.69, 9.17) is 11.6 Å². The van der Waals surface area contributed by atoms with Gasteiger partial charge in [-0.05, 0) is 55.8 Å². The maximum Gasteiger partial charge on any atom is 0.264 e. The number of rotatable bonds is 6. The first kappa shape index (κ1) is 22.7. The summed E-state index contributed by atoms with van der Waals surface area (Å²) < 4.78 is 54.3. The number of carbonyl (C=O) groups is 1. The van der Waals surface area contributed by atoms with Crippen LogP contribution in [0, 0.1) is 25.5 Å². The first-order valence-electron chi connectivity index (χ1n) is 9.18. The fourth-order valence-corrected chi connectivity index (χ4v) is 4.54. The van der Waals surface area contributed by atoms with Gasteiger partial charge in [0.2, 0.25) is 5.91 Å². The van der Waals surface area contributed by atoms with E-state index in [2.05, 4.69) is 5.32 Å². The third kappa shape index (κ3) is 5.21. The third-order valence-electron chi connectivity index (χ3n) is 4.54. The number of hydrogen-bond donors (Lipinski definition) is 1. The van der Waals surface area contributed by atoms with Gasteiger partial charge in [0, 0.05) is 16.8 Å². The minimum Gasteiger partial charge on any atom is -0.324 e. The van der Waals surface area contributed by atoms with Gasteiger partial charge in [-0.15, -0.1) is 0 Å². The molecule has 162 valence electrons. The van der Waals surface area contributed by atoms with Gasteiger partial charge >= 0.3 is 0 Å². The molecule has 9 heteroatoms. The fourth-order valence-electron chi connectivity index (χ4n) is 2.89. The Morgan fingerprint density at radius 1 is 0.968 bits per heavy atom. The lowest BCUT2D eigenvalue weighted by Gasteiger charge is -2.26. The normalized spacial score (nSPS) is 11.3. The average Bonchev–Trinajstić information content (AvgIpc) is 2.71. The summed E-state index contributed by atoms with van der Waals surface area (Å²) >= 11 is 6.08. The van der Waals surface area contributed by atoms with Crippen molar-refractivity contribution in [2.24, 2.45) is 0 Å². The van der Waals surface area contributed by atoms with Crippen LogP contribution in [0.5, 0.6) is 0 Å². The van der Waals surface area contributed by atoms with E-state index in [1.54, 1.807) is 31.2 Å². The SMILES string of the molecule is Cc1ccc(S(=O)(=O)N(CC(=O)Nc2ccc(F)c(F)c2)c2cc(Cl)ccc2C)cc1. The van der Waals surface area contributed by atoms with Gasteiger partial charge in [-0.1, -0.05) is 35.4 Å². The van der Waals surface area contributed by atoms with Gasteiger partial charge in [0.1, 0.15) is 6.54 Å². The van der Waals surface area contributed by atoms with Gasteiger partial charge in [-0.3, -0.25) is 9.10 Å². The summed E-state index contributed by atoms with van der Waals surface area (Å²) in [6, 6.07) is 13.8. The van der Waals surface area contributed by atoms with Gasteiger partial charge in [0.15, 0.2) is 11.6 Å². The number of aryl methyl sites for hydroxylation is 2. The monoisotopic (exact) mass is 464 g/mol. The van der Waals surface area contributed by atoms with Gasteiger partial charge in [0.25, 0.3) is 10.0 Å². The number of hydrogen-bond acceptors (Lipinski definition) is 3. The van der Waals surface area contributed by atoms with Crippen LogP contribution in [-0.2, 0) is 14.8 Å². The highest BCUT2D eigenvalue weighted by atomic mass is 35.5. The Bertz CT molecular complexity index is 1230. The summed E-state index contributed by atoms with van der Waals surface area (Å²) in [5, 5.41) is 2.69. The Hall–Kier alpha value is -2.97. The van der Waals surface area contributed by atoms with Crippen molar-refractivity contribution in [3.05, 3.63) is 88.4 Å². The first-order chi connectivity index (χ1) is 14.6. The molecule has 0 spiro atoms. The number of nitrogens with zero attached hydrogens (tertiary/aromatic N) is 1. The molecule has 0 saturated carbocycles. The largest absolute Gasteiger partial charge is 0.324 e. The maximum absolute atomic E-state index is 13.5. The van der Waals surface area contributed by atoms with Crippen LogP contribution in [0.2, 0.25) is 5.02 Å². The van der Waals surface area contributed by atoms with Crippen LogP contribution in [0.15, 0.2) is 65.6 Å². The summed E-state index contributed by atoms with van der Waals surface area (Å²) in [4.78, 5) is 12.7. The molecule has 0 fully saturated rings. The molecule has 0 radical (unpaired) electrons. The second-order valence-electron chi connectivity index (χ2n) is 6.93. The van der Waals surface area contributed by atoms with E-state index in [0.717, 1.165) is 22.0 Å². The lowest BCUT2D eigenvalue weighted by atomic mass is 10.2. The van der Waals surface area contributed by atoms with Crippen molar-refractivity contribution in [1.82, 2.24) is 0 Å². The van der Waals surface area contributed by atoms with Crippen LogP contribution in [0.1, 0.15) is 11.1 Å². The molecule has 0 unspecified atom stereocenters. The molecular weight excluding hydrogens is 446 g/mol. The smallest absolute Gasteiger partial charge is 0.264 e. The van der Waals surface area contributed by atoms with Crippen LogP contribution >= 0.6 is 11.6 Å². The number of anilines is 2. The zero-order chi connectivity index (χ0) is 22.8. The predicted molar refractivity (Wildman–Crippen MR) is 117 cm³/mol. The Kier molecular flexibility index (Phi) is 6.62. The minimum absolute atomic E-state index is 0.000556. The molecule has 0 saturated heterocycles. The van der Waals surface area contributed by atoms with Crippen molar-refractivity contribution in [1.29, 1.82) is 0 Å². The van der Waals surface area contributed by atoms with Gasteiger partial charge in [0.05, 0.1) is 10.6 Å². The van der Waals surface area contributed by atoms with Crippen molar-refractivity contribution in [3.8, 4) is 0 Å². The molecule has 3 aromatic carbocycles. The van der Waals surface area contributed by atoms with E-state index >= 15 is 0 Å². The van der Waals surface area contributed by atoms with Gasteiger partial charge < -0.3 is 5.32 Å². The third-order valence-corrected chi connectivity index (χ3v) is 6.55. The Morgan fingerprint density at radius 3 is 2.29 bits per heavy atom. The predicted octanol–water partition coefficient (Wildman–Crippen LogP) is 5.07. The molecule has 31 heavy (non-hydrogen) atoms. The van der Waals surface area contributed by atoms with Crippen molar-refractivity contribution in [2.75, 3.05) is 16.2 Å². The topological polar surface area (TPSA) is 66.5 Å². The highest BCUT2D eigenvalue weighted by Gasteiger charge is 2.28. The standard InChI is InChI=1S/C22H19ClF2N2O3S/c1-14-3-8-18(9-4-14)31(29,30)27(21-11-16(23)6-5-15(21)2)13-22(28)26-17-7-10-19(24)20(25)12-17/h3-12H,13H2,1-2H3,(H,26,28). The lowest BCUT2D eigenvalue weighted by Crippen LogP contribution is -2.38. The van der Waals surface area contributed by atoms with Crippen molar-refractivity contribution < 1.29 is 22.0 Å². The Labute approximate surface area is 184 Å². The van der Waals surface area contributed by atoms with Crippen LogP contribution < -0.4 is 9.62 Å². The highest BCUT2D eigenvalue weighted by molar-refractivity contribution is 7.92. The highest BCUT2D eigenvalue weighted by Crippen LogP contribution is 2.29. The van der Waals surface area contributed by atoms with E-state index in [-0.39, 0.29) is 16.3 Å². The summed E-state index contributed by atoms with van der Waals surface area (Å²) in [6.07, 6.45) is 0. The molecule has 0 aliphatic rings. The second-order valence-corrected chi connectivity index (χ2v) is 9.23. The lowest BCUT2D eigenvalue weighted by molar-refractivity contribution is -0.114. The zero-order valence-electron chi connectivity index (χ0n) is 16.7. The molecule has 0 aliphatic heterocycles. The van der Waals surface area contributed by atoms with E-state index in [1.165, 1.54) is 24.3 Å². The van der Waals surface area contributed by atoms with E-state index in [1.807, 2.05) is 6.92 Å². The number of amides is 1. The van der Waals surface area contributed by atoms with E-state index in [9.17, 15) is 22.0 Å². The fraction of sp³-hybridized carbons (Fsp3) is 0.136. The molecule has 0 atom stereocenters. The minimum atomic E-state index is -4.13. The Balaban J connectivity index is 1.99. The van der Waals surface area contributed by atoms with Crippen LogP contribution in [0.3, 0.4) is 0 Å². The van der Waals surface area contributed by atoms with Crippen molar-refractivity contribution in [2.45, 2.75) is 18.7 Å². The molecule has 0 aromatic heterocycles. The Morgan fingerprint density at radius 2 is 1.65 bits per heavy atom.